The number of carbonyl (C=O) groups is 1. The molecule has 36 heavy (non-hydrogen) atoms. The molecule has 0 radical (unpaired) electrons. The molecule has 2 bridgehead atoms. The summed E-state index contributed by atoms with van der Waals surface area (Å²) in [7, 11) is 0. The Bertz CT molecular complexity index is 854. The Morgan fingerprint density at radius 1 is 1.11 bits per heavy atom. The van der Waals surface area contributed by atoms with Crippen molar-refractivity contribution in [2.45, 2.75) is 95.9 Å². The van der Waals surface area contributed by atoms with Crippen LogP contribution in [-0.2, 0) is 14.3 Å². The summed E-state index contributed by atoms with van der Waals surface area (Å²) in [6.07, 6.45) is 13.8. The van der Waals surface area contributed by atoms with Gasteiger partial charge < -0.3 is 24.8 Å². The van der Waals surface area contributed by atoms with Gasteiger partial charge in [-0.05, 0) is 58.3 Å². The van der Waals surface area contributed by atoms with E-state index >= 15 is 0 Å². The minimum Gasteiger partial charge on any atom is -0.459 e. The summed E-state index contributed by atoms with van der Waals surface area (Å²) in [4.78, 5) is 12.9. The first-order valence-electron chi connectivity index (χ1n) is 13.0. The van der Waals surface area contributed by atoms with E-state index in [1.165, 1.54) is 6.08 Å². The van der Waals surface area contributed by atoms with Gasteiger partial charge in [0.15, 0.2) is 0 Å². The van der Waals surface area contributed by atoms with Crippen LogP contribution in [0.2, 0.25) is 0 Å². The molecular weight excluding hydrogens is 456 g/mol. The van der Waals surface area contributed by atoms with Crippen molar-refractivity contribution < 1.29 is 29.6 Å². The molecule has 0 aromatic heterocycles. The third-order valence-electron chi connectivity index (χ3n) is 6.60. The van der Waals surface area contributed by atoms with Crippen LogP contribution in [0.4, 0.5) is 0 Å². The van der Waals surface area contributed by atoms with Crippen molar-refractivity contribution in [1.82, 2.24) is 0 Å². The maximum atomic E-state index is 12.9. The van der Waals surface area contributed by atoms with E-state index in [-0.39, 0.29) is 12.0 Å². The van der Waals surface area contributed by atoms with Crippen LogP contribution < -0.4 is 0 Å². The summed E-state index contributed by atoms with van der Waals surface area (Å²) in [6.45, 7) is 13.7. The third-order valence-corrected chi connectivity index (χ3v) is 6.60. The quantitative estimate of drug-likeness (QED) is 0.277. The van der Waals surface area contributed by atoms with E-state index < -0.39 is 42.4 Å². The lowest BCUT2D eigenvalue weighted by atomic mass is 9.89. The van der Waals surface area contributed by atoms with Gasteiger partial charge in [0.05, 0.1) is 18.1 Å². The molecule has 3 N–H and O–H groups in total. The van der Waals surface area contributed by atoms with Crippen LogP contribution in [0.5, 0.6) is 0 Å². The van der Waals surface area contributed by atoms with Crippen LogP contribution in [0, 0.1) is 11.8 Å². The molecule has 0 aliphatic carbocycles. The number of rotatable bonds is 6. The number of allylic oxidation sites excluding steroid dienone is 7. The molecule has 0 aromatic carbocycles. The molecule has 6 nitrogen and oxygen atoms in total. The Kier molecular flexibility index (Phi) is 12.6. The van der Waals surface area contributed by atoms with E-state index in [0.717, 1.165) is 30.4 Å². The van der Waals surface area contributed by atoms with Crippen molar-refractivity contribution in [3.63, 3.8) is 0 Å². The van der Waals surface area contributed by atoms with Gasteiger partial charge in [-0.1, -0.05) is 79.8 Å². The molecule has 0 amide bonds. The van der Waals surface area contributed by atoms with Crippen molar-refractivity contribution in [2.24, 2.45) is 11.8 Å². The molecule has 2 aliphatic heterocycles. The predicted molar refractivity (Wildman–Crippen MR) is 143 cm³/mol. The zero-order chi connectivity index (χ0) is 26.7. The SMILES string of the molecule is C=C(C)C/C=C/C(=C)C[C@@H](C)[C@H]1OC(=O)[C@@H](C)/C=C/C=C/[C@@H](O)[C@H](O)/C=C/CC[C@@H]2CC[C@@H](O2)[C@H]1O. The standard InChI is InChI=1S/C30H44O6/c1-20(2)11-10-12-21(3)19-23(5)29-28(33)27-18-17-24(35-27)14-7-9-16-26(32)25(31)15-8-6-13-22(4)30(34)36-29/h6,8-10,12-13,15-16,22-29,31-33H,1,3,7,11,14,17-19H2,2,4-5H3/b12-10+,13-6+,15-8+,16-9+/t22-,23+,24+,25+,26+,27+,28+,29+/m0/s1. The summed E-state index contributed by atoms with van der Waals surface area (Å²) in [5, 5.41) is 31.5. The first-order chi connectivity index (χ1) is 17.1. The van der Waals surface area contributed by atoms with Gasteiger partial charge in [0.2, 0.25) is 0 Å². The average molecular weight is 501 g/mol. The molecule has 0 aromatic rings. The zero-order valence-corrected chi connectivity index (χ0v) is 22.0. The number of fused-ring (bicyclic) bond motifs is 2. The maximum Gasteiger partial charge on any atom is 0.312 e. The summed E-state index contributed by atoms with van der Waals surface area (Å²) in [6, 6.07) is 0. The van der Waals surface area contributed by atoms with Gasteiger partial charge >= 0.3 is 5.97 Å². The normalized spacial score (nSPS) is 35.8. The summed E-state index contributed by atoms with van der Waals surface area (Å²) in [5.41, 5.74) is 1.95. The number of aliphatic hydroxyl groups excluding tert-OH is 3. The zero-order valence-electron chi connectivity index (χ0n) is 22.0. The Balaban J connectivity index is 2.21. The predicted octanol–water partition coefficient (Wildman–Crippen LogP) is 4.73. The van der Waals surface area contributed by atoms with E-state index in [1.54, 1.807) is 31.2 Å². The number of ether oxygens (including phenoxy) is 2. The minimum absolute atomic E-state index is 0.0244. The first-order valence-corrected chi connectivity index (χ1v) is 13.0. The topological polar surface area (TPSA) is 96.2 Å². The van der Waals surface area contributed by atoms with Crippen LogP contribution in [0.15, 0.2) is 72.9 Å². The van der Waals surface area contributed by atoms with Gasteiger partial charge in [0.1, 0.15) is 24.4 Å². The van der Waals surface area contributed by atoms with Gasteiger partial charge in [-0.15, -0.1) is 0 Å². The molecule has 6 heteroatoms. The Labute approximate surface area is 216 Å². The second-order valence-corrected chi connectivity index (χ2v) is 10.2. The van der Waals surface area contributed by atoms with Crippen LogP contribution in [0.1, 0.15) is 59.3 Å². The molecule has 1 fully saturated rings. The molecule has 0 saturated carbocycles. The van der Waals surface area contributed by atoms with Crippen LogP contribution in [-0.4, -0.2) is 57.9 Å². The summed E-state index contributed by atoms with van der Waals surface area (Å²) < 4.78 is 12.0. The van der Waals surface area contributed by atoms with Crippen molar-refractivity contribution >= 4 is 5.97 Å². The highest BCUT2D eigenvalue weighted by Gasteiger charge is 2.39. The van der Waals surface area contributed by atoms with Crippen molar-refractivity contribution in [3.05, 3.63) is 72.9 Å². The first kappa shape index (κ1) is 30.0. The smallest absolute Gasteiger partial charge is 0.312 e. The lowest BCUT2D eigenvalue weighted by Gasteiger charge is -2.32. The molecule has 2 rings (SSSR count). The number of carbonyl (C=O) groups excluding carboxylic acids is 1. The monoisotopic (exact) mass is 500 g/mol. The molecule has 2 heterocycles. The van der Waals surface area contributed by atoms with Gasteiger partial charge in [0, 0.05) is 0 Å². The van der Waals surface area contributed by atoms with Gasteiger partial charge in [0.25, 0.3) is 0 Å². The van der Waals surface area contributed by atoms with Crippen LogP contribution >= 0.6 is 0 Å². The minimum atomic E-state index is -1.04. The van der Waals surface area contributed by atoms with E-state index in [1.807, 2.05) is 32.1 Å². The molecular formula is C30H44O6. The molecule has 2 aliphatic rings. The second-order valence-electron chi connectivity index (χ2n) is 10.2. The van der Waals surface area contributed by atoms with Crippen molar-refractivity contribution in [3.8, 4) is 0 Å². The maximum absolute atomic E-state index is 12.9. The molecule has 0 unspecified atom stereocenters. The molecule has 8 atom stereocenters. The van der Waals surface area contributed by atoms with E-state index in [4.69, 9.17) is 9.47 Å². The third kappa shape index (κ3) is 10.0. The lowest BCUT2D eigenvalue weighted by molar-refractivity contribution is -0.170. The van der Waals surface area contributed by atoms with E-state index in [2.05, 4.69) is 13.2 Å². The van der Waals surface area contributed by atoms with Crippen molar-refractivity contribution in [1.29, 1.82) is 0 Å². The number of hydrogen-bond acceptors (Lipinski definition) is 6. The molecule has 200 valence electrons. The molecule has 0 spiro atoms. The van der Waals surface area contributed by atoms with Gasteiger partial charge in [-0.25, -0.2) is 0 Å². The fourth-order valence-electron chi connectivity index (χ4n) is 4.43. The Hall–Kier alpha value is -2.25. The summed E-state index contributed by atoms with van der Waals surface area (Å²) >= 11 is 0. The van der Waals surface area contributed by atoms with Crippen LogP contribution in [0.25, 0.3) is 0 Å². The number of hydrogen-bond donors (Lipinski definition) is 3. The number of cyclic esters (lactones) is 1. The van der Waals surface area contributed by atoms with Crippen molar-refractivity contribution in [2.75, 3.05) is 0 Å². The van der Waals surface area contributed by atoms with Gasteiger partial charge in [-0.3, -0.25) is 4.79 Å². The van der Waals surface area contributed by atoms with E-state index in [9.17, 15) is 20.1 Å². The highest BCUT2D eigenvalue weighted by molar-refractivity contribution is 5.74. The van der Waals surface area contributed by atoms with E-state index in [0.29, 0.717) is 19.3 Å². The molecule has 1 saturated heterocycles. The highest BCUT2D eigenvalue weighted by Crippen LogP contribution is 2.31. The van der Waals surface area contributed by atoms with Gasteiger partial charge in [-0.2, -0.15) is 0 Å². The fraction of sp³-hybridized carbons (Fsp3) is 0.567. The highest BCUT2D eigenvalue weighted by atomic mass is 16.6. The fourth-order valence-corrected chi connectivity index (χ4v) is 4.43. The largest absolute Gasteiger partial charge is 0.459 e. The second kappa shape index (κ2) is 15.1. The summed E-state index contributed by atoms with van der Waals surface area (Å²) in [5.74, 6) is -1.18. The number of aliphatic hydroxyl groups is 3. The Morgan fingerprint density at radius 2 is 1.81 bits per heavy atom. The average Bonchev–Trinajstić information content (AvgIpc) is 3.30. The Morgan fingerprint density at radius 3 is 2.53 bits per heavy atom. The van der Waals surface area contributed by atoms with Crippen LogP contribution in [0.3, 0.4) is 0 Å². The number of esters is 1. The lowest BCUT2D eigenvalue weighted by Crippen LogP contribution is -2.44.